The number of nitrogens with one attached hydrogen (secondary N) is 1. The summed E-state index contributed by atoms with van der Waals surface area (Å²) < 4.78 is 37.8. The summed E-state index contributed by atoms with van der Waals surface area (Å²) >= 11 is 0. The van der Waals surface area contributed by atoms with Crippen LogP contribution in [0.25, 0.3) is 0 Å². The van der Waals surface area contributed by atoms with Crippen molar-refractivity contribution >= 4 is 0 Å². The quantitative estimate of drug-likeness (QED) is 0.874. The molecule has 0 amide bonds. The zero-order valence-electron chi connectivity index (χ0n) is 11.5. The average molecular weight is 287 g/mol. The maximum Gasteiger partial charge on any atom is 0.391 e. The molecule has 2 nitrogen and oxygen atoms in total. The van der Waals surface area contributed by atoms with Gasteiger partial charge in [-0.3, -0.25) is 0 Å². The standard InChI is InChI=1S/C15H20F3NO/c1-10(11-3-2-4-14(20)9-11)19-13-7-5-12(6-8-13)15(16,17)18/h2-4,9-10,12-13,19-20H,5-8H2,1H3. The van der Waals surface area contributed by atoms with Gasteiger partial charge in [-0.25, -0.2) is 0 Å². The van der Waals surface area contributed by atoms with Gasteiger partial charge in [0, 0.05) is 12.1 Å². The lowest BCUT2D eigenvalue weighted by Crippen LogP contribution is -2.38. The number of alkyl halides is 3. The van der Waals surface area contributed by atoms with Crippen molar-refractivity contribution in [2.45, 2.75) is 50.9 Å². The average Bonchev–Trinajstić information content (AvgIpc) is 2.38. The third-order valence-electron chi connectivity index (χ3n) is 4.05. The molecule has 0 aliphatic heterocycles. The van der Waals surface area contributed by atoms with E-state index in [-0.39, 0.29) is 30.7 Å². The molecule has 1 fully saturated rings. The number of phenolic OH excluding ortho intramolecular Hbond substituents is 1. The highest BCUT2D eigenvalue weighted by atomic mass is 19.4. The van der Waals surface area contributed by atoms with Crippen LogP contribution >= 0.6 is 0 Å². The number of rotatable bonds is 3. The minimum absolute atomic E-state index is 0.0227. The molecular weight excluding hydrogens is 267 g/mol. The van der Waals surface area contributed by atoms with Crippen LogP contribution in [-0.4, -0.2) is 17.3 Å². The van der Waals surface area contributed by atoms with Gasteiger partial charge in [0.15, 0.2) is 0 Å². The molecule has 1 atom stereocenters. The van der Waals surface area contributed by atoms with Crippen LogP contribution in [0.1, 0.15) is 44.2 Å². The van der Waals surface area contributed by atoms with Crippen molar-refractivity contribution in [1.82, 2.24) is 5.32 Å². The summed E-state index contributed by atoms with van der Waals surface area (Å²) in [6.45, 7) is 1.96. The fourth-order valence-electron chi connectivity index (χ4n) is 2.83. The van der Waals surface area contributed by atoms with Gasteiger partial charge < -0.3 is 10.4 Å². The summed E-state index contributed by atoms with van der Waals surface area (Å²) in [4.78, 5) is 0. The fourth-order valence-corrected chi connectivity index (χ4v) is 2.83. The Morgan fingerprint density at radius 1 is 1.20 bits per heavy atom. The topological polar surface area (TPSA) is 32.3 Å². The minimum Gasteiger partial charge on any atom is -0.508 e. The van der Waals surface area contributed by atoms with E-state index in [1.807, 2.05) is 13.0 Å². The summed E-state index contributed by atoms with van der Waals surface area (Å²) in [5.74, 6) is -0.937. The molecule has 112 valence electrons. The van der Waals surface area contributed by atoms with Crippen LogP contribution < -0.4 is 5.32 Å². The van der Waals surface area contributed by atoms with E-state index in [1.165, 1.54) is 0 Å². The molecule has 0 aromatic heterocycles. The normalized spacial score (nSPS) is 25.4. The fraction of sp³-hybridized carbons (Fsp3) is 0.600. The highest BCUT2D eigenvalue weighted by Gasteiger charge is 2.41. The molecule has 5 heteroatoms. The van der Waals surface area contributed by atoms with Crippen molar-refractivity contribution in [3.63, 3.8) is 0 Å². The van der Waals surface area contributed by atoms with E-state index in [2.05, 4.69) is 5.32 Å². The zero-order valence-corrected chi connectivity index (χ0v) is 11.5. The third-order valence-corrected chi connectivity index (χ3v) is 4.05. The Morgan fingerprint density at radius 2 is 1.85 bits per heavy atom. The van der Waals surface area contributed by atoms with Gasteiger partial charge in [0.25, 0.3) is 0 Å². The number of aromatic hydroxyl groups is 1. The summed E-state index contributed by atoms with van der Waals surface area (Å²) in [5, 5.41) is 12.8. The van der Waals surface area contributed by atoms with Crippen molar-refractivity contribution in [2.24, 2.45) is 5.92 Å². The Morgan fingerprint density at radius 3 is 2.40 bits per heavy atom. The van der Waals surface area contributed by atoms with E-state index in [9.17, 15) is 18.3 Å². The Labute approximate surface area is 117 Å². The van der Waals surface area contributed by atoms with Crippen LogP contribution in [0.4, 0.5) is 13.2 Å². The van der Waals surface area contributed by atoms with Crippen molar-refractivity contribution in [3.8, 4) is 5.75 Å². The van der Waals surface area contributed by atoms with Crippen molar-refractivity contribution in [2.75, 3.05) is 0 Å². The second-order valence-corrected chi connectivity index (χ2v) is 5.57. The minimum atomic E-state index is -4.05. The van der Waals surface area contributed by atoms with Gasteiger partial charge in [-0.05, 0) is 50.3 Å². The van der Waals surface area contributed by atoms with Gasteiger partial charge in [0.1, 0.15) is 5.75 Å². The first-order valence-electron chi connectivity index (χ1n) is 6.98. The molecule has 1 unspecified atom stereocenters. The first-order chi connectivity index (χ1) is 9.36. The molecular formula is C15H20F3NO. The Kier molecular flexibility index (Phi) is 4.58. The van der Waals surface area contributed by atoms with Gasteiger partial charge in [-0.15, -0.1) is 0 Å². The number of phenols is 1. The first kappa shape index (κ1) is 15.2. The molecule has 1 aliphatic rings. The predicted octanol–water partition coefficient (Wildman–Crippen LogP) is 4.16. The molecule has 1 saturated carbocycles. The highest BCUT2D eigenvalue weighted by Crippen LogP contribution is 2.37. The lowest BCUT2D eigenvalue weighted by atomic mass is 9.85. The Hall–Kier alpha value is -1.23. The molecule has 0 radical (unpaired) electrons. The van der Waals surface area contributed by atoms with Crippen LogP contribution in [0.3, 0.4) is 0 Å². The summed E-state index contributed by atoms with van der Waals surface area (Å²) in [6, 6.07) is 7.09. The second-order valence-electron chi connectivity index (χ2n) is 5.57. The molecule has 0 bridgehead atoms. The molecule has 1 aromatic carbocycles. The summed E-state index contributed by atoms with van der Waals surface area (Å²) in [6.07, 6.45) is -2.55. The Bertz CT molecular complexity index is 439. The molecule has 0 spiro atoms. The van der Waals surface area contributed by atoms with E-state index in [0.29, 0.717) is 12.8 Å². The lowest BCUT2D eigenvalue weighted by Gasteiger charge is -2.32. The molecule has 2 rings (SSSR count). The van der Waals surface area contributed by atoms with Gasteiger partial charge in [0.2, 0.25) is 0 Å². The van der Waals surface area contributed by atoms with E-state index in [1.54, 1.807) is 18.2 Å². The van der Waals surface area contributed by atoms with E-state index >= 15 is 0 Å². The maximum atomic E-state index is 12.6. The monoisotopic (exact) mass is 287 g/mol. The molecule has 0 saturated heterocycles. The number of halogens is 3. The van der Waals surface area contributed by atoms with Crippen molar-refractivity contribution in [3.05, 3.63) is 29.8 Å². The second kappa shape index (κ2) is 6.04. The lowest BCUT2D eigenvalue weighted by molar-refractivity contribution is -0.182. The van der Waals surface area contributed by atoms with Crippen LogP contribution in [0, 0.1) is 5.92 Å². The molecule has 1 aliphatic carbocycles. The first-order valence-corrected chi connectivity index (χ1v) is 6.98. The number of hydrogen-bond acceptors (Lipinski definition) is 2. The molecule has 20 heavy (non-hydrogen) atoms. The van der Waals surface area contributed by atoms with Gasteiger partial charge >= 0.3 is 6.18 Å². The molecule has 1 aromatic rings. The molecule has 2 N–H and O–H groups in total. The largest absolute Gasteiger partial charge is 0.508 e. The number of hydrogen-bond donors (Lipinski definition) is 2. The number of benzene rings is 1. The molecule has 0 heterocycles. The smallest absolute Gasteiger partial charge is 0.391 e. The van der Waals surface area contributed by atoms with Crippen LogP contribution in [0.2, 0.25) is 0 Å². The van der Waals surface area contributed by atoms with E-state index < -0.39 is 12.1 Å². The van der Waals surface area contributed by atoms with Gasteiger partial charge in [0.05, 0.1) is 5.92 Å². The van der Waals surface area contributed by atoms with Crippen LogP contribution in [-0.2, 0) is 0 Å². The zero-order chi connectivity index (χ0) is 14.8. The summed E-state index contributed by atoms with van der Waals surface area (Å²) in [7, 11) is 0. The van der Waals surface area contributed by atoms with Gasteiger partial charge in [-0.1, -0.05) is 12.1 Å². The van der Waals surface area contributed by atoms with Gasteiger partial charge in [-0.2, -0.15) is 13.2 Å². The van der Waals surface area contributed by atoms with Crippen molar-refractivity contribution < 1.29 is 18.3 Å². The SMILES string of the molecule is CC(NC1CCC(C(F)(F)F)CC1)c1cccc(O)c1. The van der Waals surface area contributed by atoms with Crippen molar-refractivity contribution in [1.29, 1.82) is 0 Å². The maximum absolute atomic E-state index is 12.6. The van der Waals surface area contributed by atoms with Crippen LogP contribution in [0.5, 0.6) is 5.75 Å². The predicted molar refractivity (Wildman–Crippen MR) is 71.5 cm³/mol. The Balaban J connectivity index is 1.86. The highest BCUT2D eigenvalue weighted by molar-refractivity contribution is 5.29. The van der Waals surface area contributed by atoms with E-state index in [4.69, 9.17) is 0 Å². The third kappa shape index (κ3) is 3.88. The summed E-state index contributed by atoms with van der Waals surface area (Å²) in [5.41, 5.74) is 0.947. The van der Waals surface area contributed by atoms with E-state index in [0.717, 1.165) is 5.56 Å². The van der Waals surface area contributed by atoms with Crippen LogP contribution in [0.15, 0.2) is 24.3 Å².